The molecule has 4 rings (SSSR count). The molecule has 1 aliphatic carbocycles. The molecule has 3 heteroatoms. The van der Waals surface area contributed by atoms with Crippen LogP contribution < -0.4 is 4.74 Å². The molecule has 1 heterocycles. The SMILES string of the molecule is COc1ccc(C2CC=C(N3CCN(Cc4ccccc4)CC3)CC2)cc1. The fourth-order valence-electron chi connectivity index (χ4n) is 4.32. The summed E-state index contributed by atoms with van der Waals surface area (Å²) in [6, 6.07) is 19.5. The molecule has 1 atom stereocenters. The Bertz CT molecular complexity index is 746. The first-order valence-electron chi connectivity index (χ1n) is 10.2. The summed E-state index contributed by atoms with van der Waals surface area (Å²) in [6.45, 7) is 5.72. The number of benzene rings is 2. The van der Waals surface area contributed by atoms with Crippen molar-refractivity contribution in [1.29, 1.82) is 0 Å². The highest BCUT2D eigenvalue weighted by atomic mass is 16.5. The van der Waals surface area contributed by atoms with Crippen LogP contribution >= 0.6 is 0 Å². The number of hydrogen-bond acceptors (Lipinski definition) is 3. The molecule has 0 saturated carbocycles. The molecule has 0 amide bonds. The maximum Gasteiger partial charge on any atom is 0.118 e. The van der Waals surface area contributed by atoms with Gasteiger partial charge in [-0.25, -0.2) is 0 Å². The second kappa shape index (κ2) is 8.62. The zero-order valence-electron chi connectivity index (χ0n) is 16.3. The van der Waals surface area contributed by atoms with Crippen molar-refractivity contribution >= 4 is 0 Å². The molecule has 2 aliphatic rings. The molecular weight excluding hydrogens is 332 g/mol. The Hall–Kier alpha value is -2.26. The van der Waals surface area contributed by atoms with Gasteiger partial charge in [0.05, 0.1) is 7.11 Å². The molecule has 1 fully saturated rings. The number of hydrogen-bond donors (Lipinski definition) is 0. The van der Waals surface area contributed by atoms with Crippen molar-refractivity contribution in [1.82, 2.24) is 9.80 Å². The van der Waals surface area contributed by atoms with E-state index in [9.17, 15) is 0 Å². The fraction of sp³-hybridized carbons (Fsp3) is 0.417. The lowest BCUT2D eigenvalue weighted by Crippen LogP contribution is -2.45. The van der Waals surface area contributed by atoms with Gasteiger partial charge in [-0.05, 0) is 48.4 Å². The lowest BCUT2D eigenvalue weighted by molar-refractivity contribution is 0.147. The van der Waals surface area contributed by atoms with E-state index >= 15 is 0 Å². The van der Waals surface area contributed by atoms with E-state index in [1.54, 1.807) is 12.8 Å². The van der Waals surface area contributed by atoms with E-state index < -0.39 is 0 Å². The van der Waals surface area contributed by atoms with Crippen molar-refractivity contribution in [3.63, 3.8) is 0 Å². The molecule has 2 aromatic carbocycles. The summed E-state index contributed by atoms with van der Waals surface area (Å²) >= 11 is 0. The molecule has 142 valence electrons. The van der Waals surface area contributed by atoms with Gasteiger partial charge in [0.15, 0.2) is 0 Å². The summed E-state index contributed by atoms with van der Waals surface area (Å²) in [5.74, 6) is 1.60. The topological polar surface area (TPSA) is 15.7 Å². The minimum Gasteiger partial charge on any atom is -0.497 e. The Kier molecular flexibility index (Phi) is 5.78. The van der Waals surface area contributed by atoms with Gasteiger partial charge in [-0.2, -0.15) is 0 Å². The maximum absolute atomic E-state index is 5.28. The molecule has 0 spiro atoms. The Labute approximate surface area is 163 Å². The van der Waals surface area contributed by atoms with E-state index in [1.807, 2.05) is 0 Å². The van der Waals surface area contributed by atoms with Gasteiger partial charge in [-0.15, -0.1) is 0 Å². The molecule has 3 nitrogen and oxygen atoms in total. The van der Waals surface area contributed by atoms with E-state index in [2.05, 4.69) is 70.5 Å². The maximum atomic E-state index is 5.28. The first-order valence-corrected chi connectivity index (χ1v) is 10.2. The molecule has 0 aromatic heterocycles. The van der Waals surface area contributed by atoms with E-state index in [1.165, 1.54) is 24.0 Å². The van der Waals surface area contributed by atoms with Gasteiger partial charge in [0.25, 0.3) is 0 Å². The third kappa shape index (κ3) is 4.54. The lowest BCUT2D eigenvalue weighted by atomic mass is 9.86. The van der Waals surface area contributed by atoms with E-state index in [0.717, 1.165) is 44.9 Å². The second-order valence-corrected chi connectivity index (χ2v) is 7.69. The van der Waals surface area contributed by atoms with Crippen LogP contribution in [-0.2, 0) is 6.54 Å². The summed E-state index contributed by atoms with van der Waals surface area (Å²) in [5, 5.41) is 0. The summed E-state index contributed by atoms with van der Waals surface area (Å²) in [7, 11) is 1.73. The number of rotatable bonds is 5. The number of piperazine rings is 1. The summed E-state index contributed by atoms with van der Waals surface area (Å²) in [6.07, 6.45) is 6.11. The van der Waals surface area contributed by atoms with Crippen LogP contribution in [0.4, 0.5) is 0 Å². The predicted octanol–water partition coefficient (Wildman–Crippen LogP) is 4.66. The average Bonchev–Trinajstić information content (AvgIpc) is 2.75. The predicted molar refractivity (Wildman–Crippen MR) is 111 cm³/mol. The molecule has 1 saturated heterocycles. The third-order valence-corrected chi connectivity index (χ3v) is 6.00. The van der Waals surface area contributed by atoms with Crippen LogP contribution in [0.1, 0.15) is 36.3 Å². The smallest absolute Gasteiger partial charge is 0.118 e. The van der Waals surface area contributed by atoms with Crippen LogP contribution in [-0.4, -0.2) is 43.1 Å². The van der Waals surface area contributed by atoms with Crippen LogP contribution in [0.15, 0.2) is 66.4 Å². The fourth-order valence-corrected chi connectivity index (χ4v) is 4.32. The van der Waals surface area contributed by atoms with Crippen molar-refractivity contribution in [2.24, 2.45) is 0 Å². The van der Waals surface area contributed by atoms with Crippen LogP contribution in [0.5, 0.6) is 5.75 Å². The van der Waals surface area contributed by atoms with E-state index in [0.29, 0.717) is 5.92 Å². The first kappa shape index (κ1) is 18.1. The molecular formula is C24H30N2O. The summed E-state index contributed by atoms with van der Waals surface area (Å²) in [5.41, 5.74) is 4.43. The minimum absolute atomic E-state index is 0.652. The zero-order chi connectivity index (χ0) is 18.5. The van der Waals surface area contributed by atoms with E-state index in [-0.39, 0.29) is 0 Å². The van der Waals surface area contributed by atoms with E-state index in [4.69, 9.17) is 4.74 Å². The Balaban J connectivity index is 1.28. The van der Waals surface area contributed by atoms with Crippen molar-refractivity contribution in [3.05, 3.63) is 77.5 Å². The van der Waals surface area contributed by atoms with Gasteiger partial charge in [0.2, 0.25) is 0 Å². The van der Waals surface area contributed by atoms with Crippen molar-refractivity contribution < 1.29 is 4.74 Å². The zero-order valence-corrected chi connectivity index (χ0v) is 16.3. The molecule has 1 unspecified atom stereocenters. The Morgan fingerprint density at radius 3 is 2.30 bits per heavy atom. The molecule has 1 aliphatic heterocycles. The van der Waals surface area contributed by atoms with Crippen LogP contribution in [0.25, 0.3) is 0 Å². The van der Waals surface area contributed by atoms with Gasteiger partial charge in [0.1, 0.15) is 5.75 Å². The molecule has 2 aromatic rings. The van der Waals surface area contributed by atoms with Gasteiger partial charge in [0, 0.05) is 38.4 Å². The second-order valence-electron chi connectivity index (χ2n) is 7.69. The summed E-state index contributed by atoms with van der Waals surface area (Å²) < 4.78 is 5.28. The normalized spacial score (nSPS) is 21.0. The average molecular weight is 363 g/mol. The van der Waals surface area contributed by atoms with Crippen LogP contribution in [0.3, 0.4) is 0 Å². The quantitative estimate of drug-likeness (QED) is 0.769. The number of allylic oxidation sites excluding steroid dienone is 2. The lowest BCUT2D eigenvalue weighted by Gasteiger charge is -2.39. The monoisotopic (exact) mass is 362 g/mol. The molecule has 27 heavy (non-hydrogen) atoms. The van der Waals surface area contributed by atoms with Gasteiger partial charge >= 0.3 is 0 Å². The highest BCUT2D eigenvalue weighted by molar-refractivity contribution is 5.30. The molecule has 0 N–H and O–H groups in total. The Morgan fingerprint density at radius 2 is 1.67 bits per heavy atom. The molecule has 0 radical (unpaired) electrons. The van der Waals surface area contributed by atoms with Crippen molar-refractivity contribution in [2.75, 3.05) is 33.3 Å². The highest BCUT2D eigenvalue weighted by Gasteiger charge is 2.23. The summed E-state index contributed by atoms with van der Waals surface area (Å²) in [4.78, 5) is 5.20. The van der Waals surface area contributed by atoms with Gasteiger partial charge in [-0.3, -0.25) is 4.90 Å². The van der Waals surface area contributed by atoms with Crippen molar-refractivity contribution in [3.8, 4) is 5.75 Å². The third-order valence-electron chi connectivity index (χ3n) is 6.00. The van der Waals surface area contributed by atoms with Gasteiger partial charge in [-0.1, -0.05) is 48.5 Å². The Morgan fingerprint density at radius 1 is 0.926 bits per heavy atom. The largest absolute Gasteiger partial charge is 0.497 e. The number of methoxy groups -OCH3 is 1. The van der Waals surface area contributed by atoms with Crippen LogP contribution in [0, 0.1) is 0 Å². The van der Waals surface area contributed by atoms with Crippen molar-refractivity contribution in [2.45, 2.75) is 31.7 Å². The first-order chi connectivity index (χ1) is 13.3. The number of nitrogens with zero attached hydrogens (tertiary/aromatic N) is 2. The van der Waals surface area contributed by atoms with Gasteiger partial charge < -0.3 is 9.64 Å². The standard InChI is InChI=1S/C24H30N2O/c1-27-24-13-9-22(10-14-24)21-7-11-23(12-8-21)26-17-15-25(16-18-26)19-20-5-3-2-4-6-20/h2-6,9-11,13-14,21H,7-8,12,15-19H2,1H3. The number of ether oxygens (including phenoxy) is 1. The highest BCUT2D eigenvalue weighted by Crippen LogP contribution is 2.34. The van der Waals surface area contributed by atoms with Crippen LogP contribution in [0.2, 0.25) is 0 Å². The molecule has 0 bridgehead atoms. The minimum atomic E-state index is 0.652.